The van der Waals surface area contributed by atoms with Crippen molar-refractivity contribution in [1.29, 1.82) is 0 Å². The van der Waals surface area contributed by atoms with Crippen molar-refractivity contribution in [1.82, 2.24) is 0 Å². The minimum Gasteiger partial charge on any atom is -0.493 e. The second kappa shape index (κ2) is 11.0. The lowest BCUT2D eigenvalue weighted by Crippen LogP contribution is -2.40. The summed E-state index contributed by atoms with van der Waals surface area (Å²) in [6.45, 7) is 2.43. The van der Waals surface area contributed by atoms with E-state index in [0.717, 1.165) is 42.1 Å². The molecule has 0 fully saturated rings. The van der Waals surface area contributed by atoms with E-state index in [0.29, 0.717) is 6.61 Å². The summed E-state index contributed by atoms with van der Waals surface area (Å²) in [4.78, 5) is 0. The first-order chi connectivity index (χ1) is 12.5. The Morgan fingerprint density at radius 2 is 1.56 bits per heavy atom. The van der Waals surface area contributed by atoms with Gasteiger partial charge in [0.1, 0.15) is 5.75 Å². The van der Waals surface area contributed by atoms with Gasteiger partial charge in [-0.3, -0.25) is 0 Å². The van der Waals surface area contributed by atoms with Crippen LogP contribution in [0.2, 0.25) is 0 Å². The molecule has 1 atom stereocenters. The molecule has 2 aromatic rings. The molecule has 0 aliphatic carbocycles. The summed E-state index contributed by atoms with van der Waals surface area (Å²) < 4.78 is 16.4. The molecule has 6 heteroatoms. The van der Waals surface area contributed by atoms with Crippen LogP contribution < -0.4 is 19.9 Å². The molecule has 0 unspecified atom stereocenters. The van der Waals surface area contributed by atoms with Crippen molar-refractivity contribution in [2.24, 2.45) is 5.73 Å². The summed E-state index contributed by atoms with van der Waals surface area (Å²) in [5.41, 5.74) is 7.74. The minimum atomic E-state index is -0.533. The summed E-state index contributed by atoms with van der Waals surface area (Å²) in [5.74, 6) is 2.29. The highest BCUT2D eigenvalue weighted by Crippen LogP contribution is 2.27. The van der Waals surface area contributed by atoms with E-state index in [1.165, 1.54) is 5.56 Å². The van der Waals surface area contributed by atoms with Gasteiger partial charge in [0.05, 0.1) is 27.4 Å². The highest BCUT2D eigenvalue weighted by molar-refractivity contribution is 5.85. The van der Waals surface area contributed by atoms with Gasteiger partial charge in [-0.25, -0.2) is 0 Å². The van der Waals surface area contributed by atoms with Gasteiger partial charge < -0.3 is 25.1 Å². The van der Waals surface area contributed by atoms with Gasteiger partial charge in [-0.2, -0.15) is 0 Å². The lowest BCUT2D eigenvalue weighted by Gasteiger charge is -2.21. The number of halogens is 1. The molecule has 0 saturated carbocycles. The van der Waals surface area contributed by atoms with E-state index in [2.05, 4.69) is 0 Å². The summed E-state index contributed by atoms with van der Waals surface area (Å²) in [6, 6.07) is 13.9. The second-order valence-electron chi connectivity index (χ2n) is 6.74. The standard InChI is InChI=1S/C21H29NO4.ClH/c1-21(22,15-23)12-10-16-4-7-18(8-5-16)26-13-11-17-6-9-19(24-2)20(14-17)25-3;/h4-9,14,23H,10-13,15,22H2,1-3H3;1H/t21-;/m1./s1. The fourth-order valence-corrected chi connectivity index (χ4v) is 2.58. The second-order valence-corrected chi connectivity index (χ2v) is 6.74. The molecule has 0 aliphatic heterocycles. The smallest absolute Gasteiger partial charge is 0.160 e. The Labute approximate surface area is 167 Å². The lowest BCUT2D eigenvalue weighted by molar-refractivity contribution is 0.200. The zero-order chi connectivity index (χ0) is 19.0. The Balaban J connectivity index is 0.00000364. The minimum absolute atomic E-state index is 0. The maximum atomic E-state index is 9.21. The van der Waals surface area contributed by atoms with E-state index in [9.17, 15) is 5.11 Å². The Morgan fingerprint density at radius 3 is 2.15 bits per heavy atom. The van der Waals surface area contributed by atoms with Crippen LogP contribution in [0.1, 0.15) is 24.5 Å². The first kappa shape index (κ1) is 23.1. The first-order valence-electron chi connectivity index (χ1n) is 8.80. The molecule has 2 aromatic carbocycles. The van der Waals surface area contributed by atoms with E-state index in [-0.39, 0.29) is 19.0 Å². The molecule has 27 heavy (non-hydrogen) atoms. The van der Waals surface area contributed by atoms with Crippen molar-refractivity contribution in [2.75, 3.05) is 27.4 Å². The molecule has 3 N–H and O–H groups in total. The van der Waals surface area contributed by atoms with E-state index in [1.54, 1.807) is 14.2 Å². The number of aliphatic hydroxyl groups is 1. The van der Waals surface area contributed by atoms with Crippen LogP contribution in [0.15, 0.2) is 42.5 Å². The molecule has 2 rings (SSSR count). The molecule has 0 aliphatic rings. The van der Waals surface area contributed by atoms with E-state index in [1.807, 2.05) is 49.4 Å². The third kappa shape index (κ3) is 7.29. The summed E-state index contributed by atoms with van der Waals surface area (Å²) in [6.07, 6.45) is 2.35. The number of aryl methyl sites for hydroxylation is 1. The number of nitrogens with two attached hydrogens (primary N) is 1. The van der Waals surface area contributed by atoms with Crippen LogP contribution in [0.25, 0.3) is 0 Å². The molecule has 0 spiro atoms. The van der Waals surface area contributed by atoms with Gasteiger partial charge >= 0.3 is 0 Å². The van der Waals surface area contributed by atoms with Crippen molar-refractivity contribution < 1.29 is 19.3 Å². The van der Waals surface area contributed by atoms with Crippen molar-refractivity contribution >= 4 is 12.4 Å². The molecule has 0 radical (unpaired) electrons. The van der Waals surface area contributed by atoms with Gasteiger partial charge in [0.25, 0.3) is 0 Å². The number of aliphatic hydroxyl groups excluding tert-OH is 1. The highest BCUT2D eigenvalue weighted by atomic mass is 35.5. The quantitative estimate of drug-likeness (QED) is 0.645. The average molecular weight is 396 g/mol. The molecule has 0 bridgehead atoms. The Bertz CT molecular complexity index is 689. The van der Waals surface area contributed by atoms with Gasteiger partial charge in [-0.1, -0.05) is 18.2 Å². The third-order valence-corrected chi connectivity index (χ3v) is 4.38. The molecule has 0 amide bonds. The predicted octanol–water partition coefficient (Wildman–Crippen LogP) is 3.39. The van der Waals surface area contributed by atoms with Crippen LogP contribution in [-0.4, -0.2) is 38.1 Å². The Kier molecular flexibility index (Phi) is 9.43. The molecule has 0 heterocycles. The van der Waals surface area contributed by atoms with Crippen molar-refractivity contribution in [3.05, 3.63) is 53.6 Å². The molecule has 5 nitrogen and oxygen atoms in total. The zero-order valence-electron chi connectivity index (χ0n) is 16.2. The first-order valence-corrected chi connectivity index (χ1v) is 8.80. The zero-order valence-corrected chi connectivity index (χ0v) is 17.1. The number of rotatable bonds is 10. The fraction of sp³-hybridized carbons (Fsp3) is 0.429. The normalized spacial score (nSPS) is 12.6. The van der Waals surface area contributed by atoms with Crippen LogP contribution in [0.4, 0.5) is 0 Å². The lowest BCUT2D eigenvalue weighted by atomic mass is 9.95. The van der Waals surface area contributed by atoms with Gasteiger partial charge in [0, 0.05) is 12.0 Å². The maximum absolute atomic E-state index is 9.21. The van der Waals surface area contributed by atoms with Crippen LogP contribution >= 0.6 is 12.4 Å². The summed E-state index contributed by atoms with van der Waals surface area (Å²) in [5, 5.41) is 9.21. The summed E-state index contributed by atoms with van der Waals surface area (Å²) >= 11 is 0. The van der Waals surface area contributed by atoms with Crippen LogP contribution in [-0.2, 0) is 12.8 Å². The van der Waals surface area contributed by atoms with Crippen molar-refractivity contribution in [2.45, 2.75) is 31.7 Å². The van der Waals surface area contributed by atoms with Crippen molar-refractivity contribution in [3.63, 3.8) is 0 Å². The topological polar surface area (TPSA) is 73.9 Å². The number of hydrogen-bond donors (Lipinski definition) is 2. The number of benzene rings is 2. The fourth-order valence-electron chi connectivity index (χ4n) is 2.58. The van der Waals surface area contributed by atoms with Gasteiger partial charge in [-0.15, -0.1) is 12.4 Å². The van der Waals surface area contributed by atoms with Crippen LogP contribution in [0.3, 0.4) is 0 Å². The molecular formula is C21H30ClNO4. The average Bonchev–Trinajstić information content (AvgIpc) is 2.67. The Hall–Kier alpha value is -1.95. The monoisotopic (exact) mass is 395 g/mol. The SMILES string of the molecule is COc1ccc(CCOc2ccc(CC[C@@](C)(N)CO)cc2)cc1OC.Cl. The molecule has 150 valence electrons. The predicted molar refractivity (Wildman–Crippen MR) is 110 cm³/mol. The van der Waals surface area contributed by atoms with Crippen LogP contribution in [0.5, 0.6) is 17.2 Å². The highest BCUT2D eigenvalue weighted by Gasteiger charge is 2.16. The molecular weight excluding hydrogens is 366 g/mol. The number of methoxy groups -OCH3 is 2. The van der Waals surface area contributed by atoms with Gasteiger partial charge in [0.2, 0.25) is 0 Å². The largest absolute Gasteiger partial charge is 0.493 e. The van der Waals surface area contributed by atoms with Gasteiger partial charge in [0.15, 0.2) is 11.5 Å². The molecule has 0 aromatic heterocycles. The number of hydrogen-bond acceptors (Lipinski definition) is 5. The summed E-state index contributed by atoms with van der Waals surface area (Å²) in [7, 11) is 3.26. The maximum Gasteiger partial charge on any atom is 0.160 e. The van der Waals surface area contributed by atoms with Gasteiger partial charge in [-0.05, 0) is 55.2 Å². The number of ether oxygens (including phenoxy) is 3. The Morgan fingerprint density at radius 1 is 0.926 bits per heavy atom. The van der Waals surface area contributed by atoms with Crippen molar-refractivity contribution in [3.8, 4) is 17.2 Å². The third-order valence-electron chi connectivity index (χ3n) is 4.38. The van der Waals surface area contributed by atoms with Crippen LogP contribution in [0, 0.1) is 0 Å². The van der Waals surface area contributed by atoms with E-state index < -0.39 is 5.54 Å². The molecule has 0 saturated heterocycles. The van der Waals surface area contributed by atoms with E-state index in [4.69, 9.17) is 19.9 Å². The van der Waals surface area contributed by atoms with E-state index >= 15 is 0 Å².